The van der Waals surface area contributed by atoms with Crippen molar-refractivity contribution in [2.24, 2.45) is 22.5 Å². The molecule has 0 bridgehead atoms. The lowest BCUT2D eigenvalue weighted by molar-refractivity contribution is -0.186. The van der Waals surface area contributed by atoms with Gasteiger partial charge in [0.1, 0.15) is 34.5 Å². The number of amides is 4. The number of carbonyl (C=O) groups is 4. The molecule has 2 aliphatic carbocycles. The first-order valence-electron chi connectivity index (χ1n) is 19.6. The summed E-state index contributed by atoms with van der Waals surface area (Å²) in [6.07, 6.45) is 0.346. The molecular weight excluding hydrogens is 779 g/mol. The maximum absolute atomic E-state index is 15.3. The number of hydrogen-bond donors (Lipinski definition) is 3. The van der Waals surface area contributed by atoms with E-state index in [1.54, 1.807) is 66.9 Å². The van der Waals surface area contributed by atoms with Crippen LogP contribution < -0.4 is 25.2 Å². The summed E-state index contributed by atoms with van der Waals surface area (Å²) in [7, 11) is -2.39. The predicted octanol–water partition coefficient (Wildman–Crippen LogP) is 5.60. The van der Waals surface area contributed by atoms with Crippen LogP contribution in [0.25, 0.3) is 33.3 Å². The number of nitrogens with one attached hydrogen (secondary N) is 2. The first-order chi connectivity index (χ1) is 27.7. The highest BCUT2D eigenvalue weighted by Gasteiger charge is 2.65. The molecule has 7 rings (SSSR count). The number of likely N-dealkylation sites (tertiary alicyclic amines) is 1. The van der Waals surface area contributed by atoms with E-state index >= 15 is 4.79 Å². The fourth-order valence-electron chi connectivity index (χ4n) is 8.68. The maximum Gasteiger partial charge on any atom is 0.405 e. The predicted molar refractivity (Wildman–Crippen MR) is 220 cm³/mol. The molecule has 2 aromatic carbocycles. The molecule has 4 N–H and O–H groups in total. The zero-order chi connectivity index (χ0) is 42.9. The first kappa shape index (κ1) is 41.5. The van der Waals surface area contributed by atoms with Crippen molar-refractivity contribution in [1.82, 2.24) is 19.9 Å². The van der Waals surface area contributed by atoms with E-state index in [-0.39, 0.29) is 19.4 Å². The SMILES string of the molecule is C=C[C@@H]1C[C@]1(NC(=O)[C@@H]1C[C@@H](Oc2cc(-c3ccccc3)nc3c2oc2ccc(OC)cc23)CN1C(=O)C(OC(N)=O)(C(C)(C)C)C(C)(C)C)C(=O)NS(=O)(=O)C1CC1. The molecular formula is C43H51N5O10S. The molecule has 3 aliphatic rings. The van der Waals surface area contributed by atoms with Gasteiger partial charge in [-0.3, -0.25) is 19.1 Å². The highest BCUT2D eigenvalue weighted by atomic mass is 32.2. The smallest absolute Gasteiger partial charge is 0.405 e. The highest BCUT2D eigenvalue weighted by Crippen LogP contribution is 2.50. The van der Waals surface area contributed by atoms with Gasteiger partial charge < -0.3 is 34.6 Å². The van der Waals surface area contributed by atoms with Crippen LogP contribution in [0.1, 0.15) is 67.2 Å². The number of rotatable bonds is 12. The second kappa shape index (κ2) is 14.6. The van der Waals surface area contributed by atoms with Gasteiger partial charge in [-0.25, -0.2) is 18.2 Å². The topological polar surface area (TPSA) is 209 Å². The second-order valence-corrected chi connectivity index (χ2v) is 19.7. The number of primary amides is 1. The van der Waals surface area contributed by atoms with Crippen LogP contribution in [-0.2, 0) is 29.1 Å². The minimum Gasteiger partial charge on any atom is -0.497 e. The van der Waals surface area contributed by atoms with Gasteiger partial charge in [0.2, 0.25) is 21.5 Å². The van der Waals surface area contributed by atoms with Gasteiger partial charge in [0, 0.05) is 34.8 Å². The number of fused-ring (bicyclic) bond motifs is 3. The van der Waals surface area contributed by atoms with Gasteiger partial charge in [0.15, 0.2) is 11.3 Å². The Hall–Kier alpha value is -5.64. The zero-order valence-corrected chi connectivity index (χ0v) is 35.1. The van der Waals surface area contributed by atoms with Crippen LogP contribution >= 0.6 is 0 Å². The van der Waals surface area contributed by atoms with Crippen molar-refractivity contribution >= 4 is 55.9 Å². The molecule has 4 atom stereocenters. The Labute approximate surface area is 343 Å². The fraction of sp³-hybridized carbons (Fsp3) is 0.465. The van der Waals surface area contributed by atoms with E-state index in [0.717, 1.165) is 5.56 Å². The average molecular weight is 830 g/mol. The molecule has 314 valence electrons. The Kier molecular flexibility index (Phi) is 10.3. The summed E-state index contributed by atoms with van der Waals surface area (Å²) < 4.78 is 52.3. The first-order valence-corrected chi connectivity index (χ1v) is 21.1. The van der Waals surface area contributed by atoms with Gasteiger partial charge in [0.25, 0.3) is 11.8 Å². The van der Waals surface area contributed by atoms with Gasteiger partial charge in [-0.2, -0.15) is 0 Å². The number of pyridine rings is 1. The number of ether oxygens (including phenoxy) is 3. The highest BCUT2D eigenvalue weighted by molar-refractivity contribution is 7.91. The molecule has 3 fully saturated rings. The zero-order valence-electron chi connectivity index (χ0n) is 34.3. The summed E-state index contributed by atoms with van der Waals surface area (Å²) in [4.78, 5) is 62.6. The fourth-order valence-corrected chi connectivity index (χ4v) is 10.0. The molecule has 59 heavy (non-hydrogen) atoms. The standard InChI is InChI=1S/C43H51N5O10S/c1-9-25-22-42(25,37(50)47-59(53,54)28-16-17-28)46-36(49)31-20-27(23-48(31)38(51)43(40(2,3)4,41(5,6)7)58-39(44)52)56-33-21-30(24-13-11-10-12-14-24)45-34-29-19-26(55-8)15-18-32(29)57-35(33)34/h9-15,18-19,21,25,27-28,31H,1,16-17,20,22-23H2,2-8H3,(H2,44,52)(H,46,49)(H,47,50)/t25-,27-,31+,42-/m1/s1. The Bertz CT molecular complexity index is 2450. The van der Waals surface area contributed by atoms with E-state index in [4.69, 9.17) is 29.3 Å². The van der Waals surface area contributed by atoms with E-state index < -0.39 is 79.1 Å². The van der Waals surface area contributed by atoms with Crippen LogP contribution in [0.15, 0.2) is 71.7 Å². The number of furan rings is 1. The Morgan fingerprint density at radius 3 is 2.27 bits per heavy atom. The van der Waals surface area contributed by atoms with E-state index in [1.807, 2.05) is 36.4 Å². The van der Waals surface area contributed by atoms with Crippen molar-refractivity contribution < 1.29 is 46.2 Å². The van der Waals surface area contributed by atoms with E-state index in [1.165, 1.54) is 11.0 Å². The number of nitrogens with zero attached hydrogens (tertiary/aromatic N) is 2. The largest absolute Gasteiger partial charge is 0.497 e. The van der Waals surface area contributed by atoms with Crippen molar-refractivity contribution in [3.05, 3.63) is 67.3 Å². The lowest BCUT2D eigenvalue weighted by Crippen LogP contribution is -2.67. The van der Waals surface area contributed by atoms with Crippen molar-refractivity contribution in [3.8, 4) is 22.8 Å². The Morgan fingerprint density at radius 1 is 1.02 bits per heavy atom. The summed E-state index contributed by atoms with van der Waals surface area (Å²) in [5, 5.41) is 2.82. The van der Waals surface area contributed by atoms with Crippen molar-refractivity contribution in [2.45, 2.75) is 95.8 Å². The molecule has 0 radical (unpaired) electrons. The molecule has 0 spiro atoms. The minimum absolute atomic E-state index is 0.0755. The lowest BCUT2D eigenvalue weighted by atomic mass is 9.61. The van der Waals surface area contributed by atoms with Crippen LogP contribution in [0.2, 0.25) is 0 Å². The Balaban J connectivity index is 1.31. The molecule has 16 heteroatoms. The number of carbonyl (C=O) groups excluding carboxylic acids is 4. The van der Waals surface area contributed by atoms with Crippen LogP contribution in [0.5, 0.6) is 11.5 Å². The number of sulfonamides is 1. The number of aromatic nitrogens is 1. The molecule has 3 heterocycles. The van der Waals surface area contributed by atoms with Gasteiger partial charge in [-0.1, -0.05) is 78.0 Å². The summed E-state index contributed by atoms with van der Waals surface area (Å²) in [6.45, 7) is 14.1. The van der Waals surface area contributed by atoms with E-state index in [9.17, 15) is 22.8 Å². The van der Waals surface area contributed by atoms with Crippen LogP contribution in [0.4, 0.5) is 4.79 Å². The lowest BCUT2D eigenvalue weighted by Gasteiger charge is -2.51. The molecule has 0 unspecified atom stereocenters. The van der Waals surface area contributed by atoms with Gasteiger partial charge in [-0.05, 0) is 37.5 Å². The summed E-state index contributed by atoms with van der Waals surface area (Å²) in [6, 6.07) is 15.3. The molecule has 2 saturated carbocycles. The number of nitrogens with two attached hydrogens (primary N) is 1. The molecule has 4 amide bonds. The van der Waals surface area contributed by atoms with Crippen molar-refractivity contribution in [3.63, 3.8) is 0 Å². The summed E-state index contributed by atoms with van der Waals surface area (Å²) >= 11 is 0. The van der Waals surface area contributed by atoms with Gasteiger partial charge >= 0.3 is 6.09 Å². The average Bonchev–Trinajstić information content (AvgIpc) is 4.08. The summed E-state index contributed by atoms with van der Waals surface area (Å²) in [5.74, 6) is -2.00. The van der Waals surface area contributed by atoms with Crippen LogP contribution in [0, 0.1) is 16.7 Å². The Morgan fingerprint density at radius 2 is 1.69 bits per heavy atom. The third-order valence-corrected chi connectivity index (χ3v) is 13.5. The second-order valence-electron chi connectivity index (χ2n) is 17.7. The van der Waals surface area contributed by atoms with Crippen LogP contribution in [0.3, 0.4) is 0 Å². The normalized spacial score (nSPS) is 22.2. The van der Waals surface area contributed by atoms with E-state index in [2.05, 4.69) is 16.6 Å². The monoisotopic (exact) mass is 829 g/mol. The molecule has 1 saturated heterocycles. The third kappa shape index (κ3) is 7.36. The van der Waals surface area contributed by atoms with Crippen LogP contribution in [-0.4, -0.2) is 84.3 Å². The summed E-state index contributed by atoms with van der Waals surface area (Å²) in [5.41, 5.74) is 2.75. The third-order valence-electron chi connectivity index (χ3n) is 11.7. The van der Waals surface area contributed by atoms with Crippen molar-refractivity contribution in [1.29, 1.82) is 0 Å². The molecule has 2 aromatic heterocycles. The quantitative estimate of drug-likeness (QED) is 0.150. The number of hydrogen-bond acceptors (Lipinski definition) is 11. The molecule has 4 aromatic rings. The molecule has 1 aliphatic heterocycles. The van der Waals surface area contributed by atoms with Gasteiger partial charge in [0.05, 0.1) is 30.0 Å². The molecule has 15 nitrogen and oxygen atoms in total. The maximum atomic E-state index is 15.3. The number of benzene rings is 2. The van der Waals surface area contributed by atoms with E-state index in [0.29, 0.717) is 52.1 Å². The number of methoxy groups -OCH3 is 1. The van der Waals surface area contributed by atoms with Gasteiger partial charge in [-0.15, -0.1) is 6.58 Å². The van der Waals surface area contributed by atoms with Crippen molar-refractivity contribution in [2.75, 3.05) is 13.7 Å². The minimum atomic E-state index is -3.95.